The minimum absolute atomic E-state index is 0.0400. The number of hydrogen-bond acceptors (Lipinski definition) is 5. The van der Waals surface area contributed by atoms with E-state index in [-0.39, 0.29) is 12.1 Å². The Morgan fingerprint density at radius 3 is 2.30 bits per heavy atom. The molecule has 0 aromatic heterocycles. The minimum Gasteiger partial charge on any atom is -0.495 e. The van der Waals surface area contributed by atoms with Crippen molar-refractivity contribution in [3.8, 4) is 5.75 Å². The van der Waals surface area contributed by atoms with Crippen molar-refractivity contribution >= 4 is 15.7 Å². The van der Waals surface area contributed by atoms with E-state index in [4.69, 9.17) is 4.74 Å². The molecule has 0 radical (unpaired) electrons. The zero-order valence-electron chi connectivity index (χ0n) is 17.5. The van der Waals surface area contributed by atoms with Crippen LogP contribution >= 0.6 is 0 Å². The lowest BCUT2D eigenvalue weighted by Gasteiger charge is -2.44. The van der Waals surface area contributed by atoms with Gasteiger partial charge in [-0.25, -0.2) is 13.1 Å². The van der Waals surface area contributed by atoms with Crippen LogP contribution in [0.2, 0.25) is 0 Å². The fraction of sp³-hybridized carbons (Fsp3) is 0.478. The molecule has 0 amide bonds. The molecular weight excluding hydrogens is 398 g/mol. The molecule has 0 unspecified atom stereocenters. The maximum absolute atomic E-state index is 12.9. The van der Waals surface area contributed by atoms with Crippen LogP contribution in [0.25, 0.3) is 0 Å². The fourth-order valence-corrected chi connectivity index (χ4v) is 6.06. The average Bonchev–Trinajstić information content (AvgIpc) is 2.80. The number of anilines is 1. The van der Waals surface area contributed by atoms with E-state index in [1.807, 2.05) is 24.3 Å². The van der Waals surface area contributed by atoms with Crippen molar-refractivity contribution < 1.29 is 13.2 Å². The molecule has 6 nitrogen and oxygen atoms in total. The largest absolute Gasteiger partial charge is 0.495 e. The van der Waals surface area contributed by atoms with Gasteiger partial charge in [0, 0.05) is 38.3 Å². The molecule has 1 aliphatic heterocycles. The van der Waals surface area contributed by atoms with Crippen molar-refractivity contribution in [1.29, 1.82) is 0 Å². The van der Waals surface area contributed by atoms with Gasteiger partial charge in [0.2, 0.25) is 10.0 Å². The van der Waals surface area contributed by atoms with Crippen molar-refractivity contribution in [3.05, 3.63) is 54.6 Å². The number of nitrogens with zero attached hydrogens (tertiary/aromatic N) is 2. The van der Waals surface area contributed by atoms with E-state index in [1.54, 1.807) is 31.4 Å². The van der Waals surface area contributed by atoms with E-state index in [0.717, 1.165) is 63.3 Å². The molecule has 0 bridgehead atoms. The first-order chi connectivity index (χ1) is 14.6. The third-order valence-electron chi connectivity index (χ3n) is 6.30. The number of piperazine rings is 1. The first-order valence-electron chi connectivity index (χ1n) is 10.8. The second-order valence-electron chi connectivity index (χ2n) is 8.09. The Bertz CT molecular complexity index is 928. The number of benzene rings is 2. The molecule has 0 spiro atoms. The Kier molecular flexibility index (Phi) is 6.61. The predicted molar refractivity (Wildman–Crippen MR) is 120 cm³/mol. The number of para-hydroxylation sites is 2. The lowest BCUT2D eigenvalue weighted by molar-refractivity contribution is 0.124. The van der Waals surface area contributed by atoms with Gasteiger partial charge in [0.05, 0.1) is 17.7 Å². The number of rotatable bonds is 6. The van der Waals surface area contributed by atoms with E-state index in [2.05, 4.69) is 20.6 Å². The van der Waals surface area contributed by atoms with Crippen molar-refractivity contribution in [2.24, 2.45) is 0 Å². The first kappa shape index (κ1) is 21.2. The molecule has 1 aliphatic carbocycles. The Labute approximate surface area is 179 Å². The zero-order valence-corrected chi connectivity index (χ0v) is 18.4. The summed E-state index contributed by atoms with van der Waals surface area (Å²) >= 11 is 0. The average molecular weight is 430 g/mol. The van der Waals surface area contributed by atoms with Gasteiger partial charge in [-0.2, -0.15) is 0 Å². The Morgan fingerprint density at radius 1 is 0.900 bits per heavy atom. The smallest absolute Gasteiger partial charge is 0.240 e. The van der Waals surface area contributed by atoms with E-state index >= 15 is 0 Å². The molecule has 1 N–H and O–H groups in total. The summed E-state index contributed by atoms with van der Waals surface area (Å²) < 4.78 is 34.3. The molecule has 2 atom stereocenters. The van der Waals surface area contributed by atoms with Crippen LogP contribution in [0.4, 0.5) is 5.69 Å². The first-order valence-corrected chi connectivity index (χ1v) is 12.3. The van der Waals surface area contributed by atoms with Gasteiger partial charge in [0.15, 0.2) is 0 Å². The van der Waals surface area contributed by atoms with Crippen LogP contribution < -0.4 is 14.4 Å². The summed E-state index contributed by atoms with van der Waals surface area (Å²) in [6.45, 7) is 3.67. The maximum atomic E-state index is 12.9. The fourth-order valence-electron chi connectivity index (χ4n) is 4.74. The van der Waals surface area contributed by atoms with E-state index in [9.17, 15) is 8.42 Å². The molecule has 1 heterocycles. The van der Waals surface area contributed by atoms with Crippen LogP contribution in [0, 0.1) is 0 Å². The van der Waals surface area contributed by atoms with Gasteiger partial charge in [0.1, 0.15) is 5.75 Å². The van der Waals surface area contributed by atoms with Gasteiger partial charge in [-0.3, -0.25) is 4.90 Å². The molecule has 4 rings (SSSR count). The van der Waals surface area contributed by atoms with Crippen molar-refractivity contribution in [2.45, 2.75) is 42.7 Å². The van der Waals surface area contributed by atoms with Crippen LogP contribution in [0.3, 0.4) is 0 Å². The molecule has 2 aliphatic rings. The van der Waals surface area contributed by atoms with Gasteiger partial charge in [-0.05, 0) is 37.1 Å². The second-order valence-corrected chi connectivity index (χ2v) is 9.80. The Balaban J connectivity index is 1.43. The molecule has 162 valence electrons. The molecule has 2 fully saturated rings. The summed E-state index contributed by atoms with van der Waals surface area (Å²) in [6, 6.07) is 17.0. The summed E-state index contributed by atoms with van der Waals surface area (Å²) in [6.07, 6.45) is 4.15. The Hall–Kier alpha value is -2.09. The molecule has 1 saturated carbocycles. The third-order valence-corrected chi connectivity index (χ3v) is 7.80. The molecule has 30 heavy (non-hydrogen) atoms. The number of nitrogens with one attached hydrogen (secondary N) is 1. The number of ether oxygens (including phenoxy) is 1. The number of methoxy groups -OCH3 is 1. The van der Waals surface area contributed by atoms with Crippen LogP contribution in [-0.2, 0) is 10.0 Å². The van der Waals surface area contributed by atoms with Gasteiger partial charge >= 0.3 is 0 Å². The van der Waals surface area contributed by atoms with E-state index in [0.29, 0.717) is 4.90 Å². The number of sulfonamides is 1. The van der Waals surface area contributed by atoms with E-state index < -0.39 is 10.0 Å². The lowest BCUT2D eigenvalue weighted by atomic mass is 9.89. The normalized spacial score (nSPS) is 23.3. The van der Waals surface area contributed by atoms with Crippen molar-refractivity contribution in [3.63, 3.8) is 0 Å². The van der Waals surface area contributed by atoms with Gasteiger partial charge in [0.25, 0.3) is 0 Å². The van der Waals surface area contributed by atoms with E-state index in [1.165, 1.54) is 0 Å². The Morgan fingerprint density at radius 2 is 1.57 bits per heavy atom. The maximum Gasteiger partial charge on any atom is 0.240 e. The van der Waals surface area contributed by atoms with Crippen LogP contribution in [0.1, 0.15) is 25.7 Å². The van der Waals surface area contributed by atoms with Gasteiger partial charge in [-0.15, -0.1) is 0 Å². The van der Waals surface area contributed by atoms with Gasteiger partial charge < -0.3 is 9.64 Å². The van der Waals surface area contributed by atoms with Gasteiger partial charge in [-0.1, -0.05) is 43.2 Å². The predicted octanol–water partition coefficient (Wildman–Crippen LogP) is 3.11. The second kappa shape index (κ2) is 9.37. The van der Waals surface area contributed by atoms with Crippen LogP contribution in [0.5, 0.6) is 5.75 Å². The SMILES string of the molecule is COc1ccccc1N1CCN([C@@H]2CCCC[C@H]2NS(=O)(=O)c2ccccc2)CC1. The highest BCUT2D eigenvalue weighted by Crippen LogP contribution is 2.30. The zero-order chi connectivity index (χ0) is 21.0. The summed E-state index contributed by atoms with van der Waals surface area (Å²) in [5, 5.41) is 0. The summed E-state index contributed by atoms with van der Waals surface area (Å²) in [4.78, 5) is 5.18. The lowest BCUT2D eigenvalue weighted by Crippen LogP contribution is -2.58. The summed E-state index contributed by atoms with van der Waals surface area (Å²) in [7, 11) is -1.79. The molecular formula is C23H31N3O3S. The summed E-state index contributed by atoms with van der Waals surface area (Å²) in [5.41, 5.74) is 1.13. The minimum atomic E-state index is -3.50. The highest BCUT2D eigenvalue weighted by molar-refractivity contribution is 7.89. The van der Waals surface area contributed by atoms with Crippen molar-refractivity contribution in [1.82, 2.24) is 9.62 Å². The topological polar surface area (TPSA) is 61.9 Å². The monoisotopic (exact) mass is 429 g/mol. The third kappa shape index (κ3) is 4.63. The summed E-state index contributed by atoms with van der Waals surface area (Å²) in [5.74, 6) is 0.900. The number of hydrogen-bond donors (Lipinski definition) is 1. The molecule has 1 saturated heterocycles. The molecule has 2 aromatic carbocycles. The van der Waals surface area contributed by atoms with Crippen LogP contribution in [0.15, 0.2) is 59.5 Å². The molecule has 7 heteroatoms. The standard InChI is InChI=1S/C23H31N3O3S/c1-29-23-14-8-7-13-22(23)26-17-15-25(16-18-26)21-12-6-5-11-20(21)24-30(27,28)19-9-3-2-4-10-19/h2-4,7-10,13-14,20-21,24H,5-6,11-12,15-18H2,1H3/t20-,21-/m1/s1. The highest BCUT2D eigenvalue weighted by atomic mass is 32.2. The molecule has 2 aromatic rings. The quantitative estimate of drug-likeness (QED) is 0.765. The van der Waals surface area contributed by atoms with Crippen LogP contribution in [-0.4, -0.2) is 58.7 Å². The highest BCUT2D eigenvalue weighted by Gasteiger charge is 2.35. The van der Waals surface area contributed by atoms with Crippen molar-refractivity contribution in [2.75, 3.05) is 38.2 Å².